The number of benzene rings is 1. The van der Waals surface area contributed by atoms with Crippen LogP contribution in [0.25, 0.3) is 5.57 Å². The minimum absolute atomic E-state index is 0.101. The Balaban J connectivity index is 2.42. The monoisotopic (exact) mass is 176 g/mol. The van der Waals surface area contributed by atoms with Crippen molar-refractivity contribution in [2.24, 2.45) is 0 Å². The highest BCUT2D eigenvalue weighted by Gasteiger charge is 2.13. The van der Waals surface area contributed by atoms with Crippen LogP contribution in [-0.4, -0.2) is 18.3 Å². The number of aliphatic hydroxyl groups excluding tert-OH is 1. The molecule has 13 heavy (non-hydrogen) atoms. The summed E-state index contributed by atoms with van der Waals surface area (Å²) >= 11 is 0. The molecule has 0 aromatic heterocycles. The van der Waals surface area contributed by atoms with Crippen LogP contribution in [-0.2, 0) is 0 Å². The summed E-state index contributed by atoms with van der Waals surface area (Å²) in [4.78, 5) is 0. The summed E-state index contributed by atoms with van der Waals surface area (Å²) in [6, 6.07) is 7.93. The predicted molar refractivity (Wildman–Crippen MR) is 51.6 cm³/mol. The Morgan fingerprint density at radius 1 is 1.38 bits per heavy atom. The Morgan fingerprint density at radius 3 is 3.08 bits per heavy atom. The van der Waals surface area contributed by atoms with E-state index in [9.17, 15) is 0 Å². The van der Waals surface area contributed by atoms with E-state index < -0.39 is 0 Å². The van der Waals surface area contributed by atoms with Crippen molar-refractivity contribution in [3.8, 4) is 5.75 Å². The van der Waals surface area contributed by atoms with Gasteiger partial charge in [-0.15, -0.1) is 0 Å². The quantitative estimate of drug-likeness (QED) is 0.707. The van der Waals surface area contributed by atoms with E-state index in [1.807, 2.05) is 30.3 Å². The van der Waals surface area contributed by atoms with Crippen molar-refractivity contribution in [3.63, 3.8) is 0 Å². The van der Waals surface area contributed by atoms with Crippen molar-refractivity contribution < 1.29 is 9.84 Å². The number of para-hydroxylation sites is 1. The van der Waals surface area contributed by atoms with Crippen molar-refractivity contribution in [3.05, 3.63) is 35.9 Å². The molecule has 0 atom stereocenters. The van der Waals surface area contributed by atoms with E-state index in [1.54, 1.807) is 0 Å². The fourth-order valence-electron chi connectivity index (χ4n) is 1.59. The number of rotatable bonds is 1. The maximum atomic E-state index is 8.83. The van der Waals surface area contributed by atoms with Gasteiger partial charge in [-0.3, -0.25) is 0 Å². The summed E-state index contributed by atoms with van der Waals surface area (Å²) < 4.78 is 5.48. The van der Waals surface area contributed by atoms with E-state index >= 15 is 0 Å². The highest BCUT2D eigenvalue weighted by Crippen LogP contribution is 2.31. The zero-order chi connectivity index (χ0) is 9.10. The Morgan fingerprint density at radius 2 is 2.23 bits per heavy atom. The van der Waals surface area contributed by atoms with Crippen LogP contribution < -0.4 is 4.74 Å². The lowest BCUT2D eigenvalue weighted by atomic mass is 10.00. The summed E-state index contributed by atoms with van der Waals surface area (Å²) in [5, 5.41) is 8.83. The summed E-state index contributed by atoms with van der Waals surface area (Å²) in [6.45, 7) is 0.812. The highest BCUT2D eigenvalue weighted by molar-refractivity contribution is 5.71. The van der Waals surface area contributed by atoms with Crippen molar-refractivity contribution in [1.82, 2.24) is 0 Å². The van der Waals surface area contributed by atoms with Gasteiger partial charge in [-0.1, -0.05) is 24.3 Å². The van der Waals surface area contributed by atoms with E-state index in [2.05, 4.69) is 0 Å². The summed E-state index contributed by atoms with van der Waals surface area (Å²) in [5.41, 5.74) is 2.30. The predicted octanol–water partition coefficient (Wildman–Crippen LogP) is 1.84. The van der Waals surface area contributed by atoms with Gasteiger partial charge in [-0.05, 0) is 11.6 Å². The minimum Gasteiger partial charge on any atom is -0.493 e. The van der Waals surface area contributed by atoms with Gasteiger partial charge in [0.05, 0.1) is 13.2 Å². The molecule has 0 amide bonds. The Bertz CT molecular complexity index is 329. The lowest BCUT2D eigenvalue weighted by molar-refractivity contribution is 0.314. The molecule has 2 nitrogen and oxygen atoms in total. The fraction of sp³-hybridized carbons (Fsp3) is 0.273. The third kappa shape index (κ3) is 1.58. The van der Waals surface area contributed by atoms with Gasteiger partial charge < -0.3 is 9.84 Å². The zero-order valence-electron chi connectivity index (χ0n) is 7.36. The Hall–Kier alpha value is -1.28. The topological polar surface area (TPSA) is 29.5 Å². The normalized spacial score (nSPS) is 18.1. The molecule has 2 rings (SSSR count). The van der Waals surface area contributed by atoms with Gasteiger partial charge in [-0.2, -0.15) is 0 Å². The molecule has 0 spiro atoms. The van der Waals surface area contributed by atoms with Gasteiger partial charge in [0.2, 0.25) is 0 Å². The Labute approximate surface area is 77.5 Å². The molecule has 1 aromatic carbocycles. The van der Waals surface area contributed by atoms with E-state index in [0.717, 1.165) is 17.7 Å². The molecule has 0 saturated heterocycles. The zero-order valence-corrected chi connectivity index (χ0v) is 7.36. The molecular formula is C11H12O2. The van der Waals surface area contributed by atoms with E-state index in [0.29, 0.717) is 6.61 Å². The van der Waals surface area contributed by atoms with Crippen LogP contribution in [0.2, 0.25) is 0 Å². The number of ether oxygens (including phenoxy) is 1. The second kappa shape index (κ2) is 3.62. The first-order valence-electron chi connectivity index (χ1n) is 4.44. The molecule has 1 heterocycles. The van der Waals surface area contributed by atoms with Crippen LogP contribution in [0, 0.1) is 0 Å². The molecule has 1 aliphatic heterocycles. The molecule has 0 aliphatic carbocycles. The molecular weight excluding hydrogens is 164 g/mol. The van der Waals surface area contributed by atoms with Crippen LogP contribution in [0.1, 0.15) is 12.0 Å². The average Bonchev–Trinajstić information content (AvgIpc) is 2.19. The first kappa shape index (κ1) is 8.32. The van der Waals surface area contributed by atoms with Gasteiger partial charge in [0, 0.05) is 12.0 Å². The fourth-order valence-corrected chi connectivity index (χ4v) is 1.59. The van der Waals surface area contributed by atoms with Crippen molar-refractivity contribution in [2.75, 3.05) is 13.2 Å². The molecule has 0 fully saturated rings. The maximum Gasteiger partial charge on any atom is 0.126 e. The number of hydrogen-bond donors (Lipinski definition) is 1. The number of hydrogen-bond acceptors (Lipinski definition) is 2. The molecule has 68 valence electrons. The maximum absolute atomic E-state index is 8.83. The molecule has 1 N–H and O–H groups in total. The van der Waals surface area contributed by atoms with Gasteiger partial charge in [-0.25, -0.2) is 0 Å². The second-order valence-electron chi connectivity index (χ2n) is 3.01. The summed E-state index contributed by atoms with van der Waals surface area (Å²) in [7, 11) is 0. The molecule has 2 heteroatoms. The minimum atomic E-state index is 0.101. The average molecular weight is 176 g/mol. The highest BCUT2D eigenvalue weighted by atomic mass is 16.5. The SMILES string of the molecule is OCC=C1CCOc2ccccc21. The van der Waals surface area contributed by atoms with Gasteiger partial charge >= 0.3 is 0 Å². The molecule has 0 bridgehead atoms. The first-order valence-corrected chi connectivity index (χ1v) is 4.44. The van der Waals surface area contributed by atoms with Gasteiger partial charge in [0.1, 0.15) is 5.75 Å². The number of fused-ring (bicyclic) bond motifs is 1. The Kier molecular flexibility index (Phi) is 2.32. The molecule has 0 saturated carbocycles. The molecule has 1 aromatic rings. The molecule has 0 radical (unpaired) electrons. The summed E-state index contributed by atoms with van der Waals surface area (Å²) in [5.74, 6) is 0.924. The molecule has 0 unspecified atom stereocenters. The smallest absolute Gasteiger partial charge is 0.126 e. The second-order valence-corrected chi connectivity index (χ2v) is 3.01. The van der Waals surface area contributed by atoms with Crippen LogP contribution in [0.15, 0.2) is 30.3 Å². The van der Waals surface area contributed by atoms with E-state index in [-0.39, 0.29) is 6.61 Å². The third-order valence-corrected chi connectivity index (χ3v) is 2.20. The first-order chi connectivity index (χ1) is 6.42. The van der Waals surface area contributed by atoms with E-state index in [4.69, 9.17) is 9.84 Å². The van der Waals surface area contributed by atoms with Crippen LogP contribution in [0.3, 0.4) is 0 Å². The van der Waals surface area contributed by atoms with Gasteiger partial charge in [0.25, 0.3) is 0 Å². The molecule has 1 aliphatic rings. The largest absolute Gasteiger partial charge is 0.493 e. The van der Waals surface area contributed by atoms with E-state index in [1.165, 1.54) is 5.57 Å². The van der Waals surface area contributed by atoms with Crippen molar-refractivity contribution in [1.29, 1.82) is 0 Å². The van der Waals surface area contributed by atoms with Crippen molar-refractivity contribution >= 4 is 5.57 Å². The van der Waals surface area contributed by atoms with Crippen LogP contribution in [0.4, 0.5) is 0 Å². The van der Waals surface area contributed by atoms with Crippen LogP contribution >= 0.6 is 0 Å². The number of aliphatic hydroxyl groups is 1. The lowest BCUT2D eigenvalue weighted by Crippen LogP contribution is -2.07. The van der Waals surface area contributed by atoms with Gasteiger partial charge in [0.15, 0.2) is 0 Å². The standard InChI is InChI=1S/C11H12O2/c12-7-5-9-6-8-13-11-4-2-1-3-10(9)11/h1-5,12H,6-8H2. The van der Waals surface area contributed by atoms with Crippen molar-refractivity contribution in [2.45, 2.75) is 6.42 Å². The third-order valence-electron chi connectivity index (χ3n) is 2.20. The lowest BCUT2D eigenvalue weighted by Gasteiger charge is -2.19. The summed E-state index contributed by atoms with van der Waals surface area (Å²) in [6.07, 6.45) is 2.74. The van der Waals surface area contributed by atoms with Crippen LogP contribution in [0.5, 0.6) is 5.75 Å².